The van der Waals surface area contributed by atoms with Gasteiger partial charge in [0.05, 0.1) is 10.5 Å². The van der Waals surface area contributed by atoms with Crippen LogP contribution >= 0.6 is 0 Å². The van der Waals surface area contributed by atoms with Crippen molar-refractivity contribution >= 4 is 11.3 Å². The summed E-state index contributed by atoms with van der Waals surface area (Å²) in [6.45, 7) is 0. The molecule has 0 bridgehead atoms. The summed E-state index contributed by atoms with van der Waals surface area (Å²) in [5, 5.41) is 19.5. The molecule has 0 N–H and O–H groups in total. The van der Waals surface area contributed by atoms with Crippen LogP contribution in [0.2, 0.25) is 0 Å². The first kappa shape index (κ1) is 11.7. The zero-order valence-electron chi connectivity index (χ0n) is 9.04. The molecule has 0 aromatic heterocycles. The standard InChI is InChI=1S/C11H11N3O2/c1-13(2)8-10(7-12)9-4-3-5-11(6-9)14(15)16/h3-6,8H,1-2H3/b10-8+. The van der Waals surface area contributed by atoms with E-state index in [0.29, 0.717) is 11.1 Å². The van der Waals surface area contributed by atoms with Crippen molar-refractivity contribution in [2.24, 2.45) is 0 Å². The Morgan fingerprint density at radius 2 is 2.25 bits per heavy atom. The molecule has 0 unspecified atom stereocenters. The van der Waals surface area contributed by atoms with Gasteiger partial charge in [0.25, 0.3) is 5.69 Å². The molecule has 0 amide bonds. The van der Waals surface area contributed by atoms with Gasteiger partial charge in [0, 0.05) is 38.0 Å². The minimum atomic E-state index is -0.478. The van der Waals surface area contributed by atoms with Crippen LogP contribution < -0.4 is 0 Å². The Morgan fingerprint density at radius 3 is 2.75 bits per heavy atom. The average molecular weight is 217 g/mol. The molecule has 5 nitrogen and oxygen atoms in total. The van der Waals surface area contributed by atoms with Crippen molar-refractivity contribution in [3.8, 4) is 6.07 Å². The Balaban J connectivity index is 3.18. The minimum Gasteiger partial charge on any atom is -0.382 e. The maximum Gasteiger partial charge on any atom is 0.270 e. The Morgan fingerprint density at radius 1 is 1.56 bits per heavy atom. The molecular formula is C11H11N3O2. The van der Waals surface area contributed by atoms with Gasteiger partial charge in [-0.25, -0.2) is 0 Å². The zero-order valence-corrected chi connectivity index (χ0v) is 9.04. The SMILES string of the molecule is CN(C)/C=C(\C#N)c1cccc([N+](=O)[O-])c1. The highest BCUT2D eigenvalue weighted by Gasteiger charge is 2.08. The van der Waals surface area contributed by atoms with E-state index in [0.717, 1.165) is 0 Å². The minimum absolute atomic E-state index is 0.0163. The number of hydrogen-bond donors (Lipinski definition) is 0. The van der Waals surface area contributed by atoms with E-state index in [-0.39, 0.29) is 5.69 Å². The van der Waals surface area contributed by atoms with Gasteiger partial charge in [0.1, 0.15) is 6.07 Å². The molecule has 0 aliphatic carbocycles. The van der Waals surface area contributed by atoms with E-state index in [9.17, 15) is 10.1 Å². The molecule has 16 heavy (non-hydrogen) atoms. The van der Waals surface area contributed by atoms with E-state index in [1.807, 2.05) is 6.07 Å². The second-order valence-corrected chi connectivity index (χ2v) is 3.43. The number of nitro groups is 1. The Kier molecular flexibility index (Phi) is 3.62. The van der Waals surface area contributed by atoms with Crippen molar-refractivity contribution in [1.82, 2.24) is 4.90 Å². The molecule has 0 atom stereocenters. The molecule has 1 rings (SSSR count). The molecule has 0 saturated heterocycles. The van der Waals surface area contributed by atoms with Crippen molar-refractivity contribution < 1.29 is 4.92 Å². The van der Waals surface area contributed by atoms with Crippen LogP contribution in [0.1, 0.15) is 5.56 Å². The molecule has 0 saturated carbocycles. The smallest absolute Gasteiger partial charge is 0.270 e. The topological polar surface area (TPSA) is 70.2 Å². The highest BCUT2D eigenvalue weighted by Crippen LogP contribution is 2.19. The van der Waals surface area contributed by atoms with Gasteiger partial charge in [-0.05, 0) is 0 Å². The monoisotopic (exact) mass is 217 g/mol. The number of hydrogen-bond acceptors (Lipinski definition) is 4. The van der Waals surface area contributed by atoms with Crippen molar-refractivity contribution in [2.75, 3.05) is 14.1 Å². The van der Waals surface area contributed by atoms with Gasteiger partial charge in [-0.3, -0.25) is 10.1 Å². The summed E-state index contributed by atoms with van der Waals surface area (Å²) in [5.41, 5.74) is 0.927. The molecule has 1 aromatic rings. The molecule has 0 radical (unpaired) electrons. The third-order valence-electron chi connectivity index (χ3n) is 1.88. The van der Waals surface area contributed by atoms with Crippen molar-refractivity contribution in [3.63, 3.8) is 0 Å². The molecule has 0 fully saturated rings. The summed E-state index contributed by atoms with van der Waals surface area (Å²) in [5.74, 6) is 0. The van der Waals surface area contributed by atoms with E-state index < -0.39 is 4.92 Å². The first-order valence-corrected chi connectivity index (χ1v) is 4.58. The predicted octanol–water partition coefficient (Wildman–Crippen LogP) is 2.02. The lowest BCUT2D eigenvalue weighted by molar-refractivity contribution is -0.384. The van der Waals surface area contributed by atoms with Crippen LogP contribution in [-0.2, 0) is 0 Å². The van der Waals surface area contributed by atoms with Crippen LogP contribution in [0.5, 0.6) is 0 Å². The van der Waals surface area contributed by atoms with E-state index in [4.69, 9.17) is 5.26 Å². The van der Waals surface area contributed by atoms with Gasteiger partial charge in [0.2, 0.25) is 0 Å². The summed E-state index contributed by atoms with van der Waals surface area (Å²) in [4.78, 5) is 11.8. The van der Waals surface area contributed by atoms with Crippen LogP contribution in [0.25, 0.3) is 5.57 Å². The molecule has 5 heteroatoms. The lowest BCUT2D eigenvalue weighted by atomic mass is 10.1. The summed E-state index contributed by atoms with van der Waals surface area (Å²) in [6.07, 6.45) is 1.62. The highest BCUT2D eigenvalue weighted by molar-refractivity contribution is 5.77. The summed E-state index contributed by atoms with van der Waals surface area (Å²) in [6, 6.07) is 8.03. The van der Waals surface area contributed by atoms with Crippen LogP contribution in [0.15, 0.2) is 30.5 Å². The predicted molar refractivity (Wildman–Crippen MR) is 60.4 cm³/mol. The van der Waals surface area contributed by atoms with Gasteiger partial charge in [-0.1, -0.05) is 12.1 Å². The molecule has 0 aliphatic rings. The van der Waals surface area contributed by atoms with E-state index in [1.54, 1.807) is 37.3 Å². The Labute approximate surface area is 93.4 Å². The normalized spacial score (nSPS) is 10.7. The first-order chi connectivity index (χ1) is 7.54. The van der Waals surface area contributed by atoms with Gasteiger partial charge in [-0.15, -0.1) is 0 Å². The molecule has 0 aliphatic heterocycles. The second kappa shape index (κ2) is 4.94. The van der Waals surface area contributed by atoms with Crippen LogP contribution in [-0.4, -0.2) is 23.9 Å². The van der Waals surface area contributed by atoms with Crippen molar-refractivity contribution in [2.45, 2.75) is 0 Å². The first-order valence-electron chi connectivity index (χ1n) is 4.58. The maximum absolute atomic E-state index is 10.6. The third kappa shape index (κ3) is 2.82. The lowest BCUT2D eigenvalue weighted by Crippen LogP contribution is -2.02. The second-order valence-electron chi connectivity index (χ2n) is 3.43. The lowest BCUT2D eigenvalue weighted by Gasteiger charge is -2.06. The van der Waals surface area contributed by atoms with E-state index >= 15 is 0 Å². The highest BCUT2D eigenvalue weighted by atomic mass is 16.6. The van der Waals surface area contributed by atoms with Crippen LogP contribution in [0.3, 0.4) is 0 Å². The number of nitro benzene ring substituents is 1. The van der Waals surface area contributed by atoms with Gasteiger partial charge in [0.15, 0.2) is 0 Å². The Hall–Kier alpha value is -2.35. The molecular weight excluding hydrogens is 206 g/mol. The number of nitrogens with zero attached hydrogens (tertiary/aromatic N) is 3. The molecule has 1 aromatic carbocycles. The van der Waals surface area contributed by atoms with Crippen molar-refractivity contribution in [1.29, 1.82) is 5.26 Å². The number of allylic oxidation sites excluding steroid dienone is 1. The fraction of sp³-hybridized carbons (Fsp3) is 0.182. The third-order valence-corrected chi connectivity index (χ3v) is 1.88. The number of non-ortho nitro benzene ring substituents is 1. The molecule has 0 spiro atoms. The largest absolute Gasteiger partial charge is 0.382 e. The zero-order chi connectivity index (χ0) is 12.1. The maximum atomic E-state index is 10.6. The summed E-state index contributed by atoms with van der Waals surface area (Å²) >= 11 is 0. The molecule has 0 heterocycles. The number of rotatable bonds is 3. The van der Waals surface area contributed by atoms with E-state index in [1.165, 1.54) is 12.1 Å². The fourth-order valence-electron chi connectivity index (χ4n) is 1.21. The Bertz CT molecular complexity index is 472. The fourth-order valence-corrected chi connectivity index (χ4v) is 1.21. The van der Waals surface area contributed by atoms with Gasteiger partial charge in [-0.2, -0.15) is 5.26 Å². The van der Waals surface area contributed by atoms with E-state index in [2.05, 4.69) is 0 Å². The van der Waals surface area contributed by atoms with Gasteiger partial charge >= 0.3 is 0 Å². The average Bonchev–Trinajstić information content (AvgIpc) is 2.25. The number of nitriles is 1. The van der Waals surface area contributed by atoms with Crippen LogP contribution in [0.4, 0.5) is 5.69 Å². The summed E-state index contributed by atoms with van der Waals surface area (Å²) < 4.78 is 0. The molecule has 82 valence electrons. The van der Waals surface area contributed by atoms with Crippen molar-refractivity contribution in [3.05, 3.63) is 46.1 Å². The van der Waals surface area contributed by atoms with Crippen LogP contribution in [0, 0.1) is 21.4 Å². The van der Waals surface area contributed by atoms with Gasteiger partial charge < -0.3 is 4.90 Å². The quantitative estimate of drug-likeness (QED) is 0.441. The number of benzene rings is 1. The summed E-state index contributed by atoms with van der Waals surface area (Å²) in [7, 11) is 3.57.